The van der Waals surface area contributed by atoms with Gasteiger partial charge < -0.3 is 9.47 Å². The molecular weight excluding hydrogens is 288 g/mol. The first-order chi connectivity index (χ1) is 5.16. The smallest absolute Gasteiger partial charge is 0.278 e. The molecule has 0 aromatic rings. The van der Waals surface area contributed by atoms with Gasteiger partial charge in [0, 0.05) is 0 Å². The lowest BCUT2D eigenvalue weighted by atomic mass is 10.6. The zero-order valence-electron chi connectivity index (χ0n) is 5.49. The summed E-state index contributed by atoms with van der Waals surface area (Å²) in [7, 11) is 2.17. The molecule has 0 spiro atoms. The van der Waals surface area contributed by atoms with Crippen LogP contribution in [0, 0.1) is 0 Å². The molecule has 2 unspecified atom stereocenters. The Morgan fingerprint density at radius 2 is 1.50 bits per heavy atom. The molecule has 12 heavy (non-hydrogen) atoms. The summed E-state index contributed by atoms with van der Waals surface area (Å²) in [5.74, 6) is 0. The summed E-state index contributed by atoms with van der Waals surface area (Å²) in [4.78, 5) is -1.20. The highest BCUT2D eigenvalue weighted by atomic mass is 35.5. The van der Waals surface area contributed by atoms with Crippen LogP contribution in [0.1, 0.15) is 0 Å². The molecule has 0 radical (unpaired) electrons. The third-order valence-electron chi connectivity index (χ3n) is 1.09. The number of rotatable bonds is 0. The lowest BCUT2D eigenvalue weighted by Gasteiger charge is -2.42. The van der Waals surface area contributed by atoms with Crippen LogP contribution in [0.4, 0.5) is 0 Å². The van der Waals surface area contributed by atoms with Gasteiger partial charge in [-0.05, 0) is 0 Å². The molecule has 0 saturated carbocycles. The number of hydrogen-bond donors (Lipinski definition) is 0. The van der Waals surface area contributed by atoms with E-state index in [4.69, 9.17) is 67.5 Å². The summed E-state index contributed by atoms with van der Waals surface area (Å²) in [6, 6.07) is 0. The summed E-state index contributed by atoms with van der Waals surface area (Å²) in [6.45, 7) is -0.0343. The van der Waals surface area contributed by atoms with Crippen molar-refractivity contribution in [3.8, 4) is 0 Å². The van der Waals surface area contributed by atoms with Crippen LogP contribution >= 0.6 is 67.2 Å². The normalized spacial score (nSPS) is 39.5. The van der Waals surface area contributed by atoms with Gasteiger partial charge in [0.2, 0.25) is 0 Å². The molecule has 0 amide bonds. The minimum atomic E-state index is -1.89. The molecule has 2 atom stereocenters. The van der Waals surface area contributed by atoms with Crippen molar-refractivity contribution < 1.29 is 9.47 Å². The summed E-state index contributed by atoms with van der Waals surface area (Å²) in [6.07, 6.45) is 0. The highest BCUT2D eigenvalue weighted by Gasteiger charge is 2.58. The number of ether oxygens (including phenoxy) is 2. The van der Waals surface area contributed by atoms with Gasteiger partial charge in [0.25, 0.3) is 9.04 Å². The van der Waals surface area contributed by atoms with Crippen molar-refractivity contribution in [2.75, 3.05) is 6.61 Å². The fourth-order valence-electron chi connectivity index (χ4n) is 0.575. The quantitative estimate of drug-likeness (QED) is 0.504. The van der Waals surface area contributed by atoms with E-state index in [1.807, 2.05) is 0 Å². The van der Waals surface area contributed by atoms with E-state index in [9.17, 15) is 0 Å². The van der Waals surface area contributed by atoms with E-state index in [2.05, 4.69) is 9.24 Å². The van der Waals surface area contributed by atoms with Crippen molar-refractivity contribution in [2.24, 2.45) is 0 Å². The Morgan fingerprint density at radius 3 is 1.83 bits per heavy atom. The zero-order chi connectivity index (χ0) is 9.62. The third-order valence-corrected chi connectivity index (χ3v) is 3.38. The Kier molecular flexibility index (Phi) is 3.39. The Balaban J connectivity index is 2.82. The number of alkyl halides is 5. The van der Waals surface area contributed by atoms with Crippen molar-refractivity contribution in [3.63, 3.8) is 0 Å². The molecule has 0 bridgehead atoms. The van der Waals surface area contributed by atoms with Crippen molar-refractivity contribution >= 4 is 67.2 Å². The first kappa shape index (κ1) is 11.9. The highest BCUT2D eigenvalue weighted by molar-refractivity contribution is 7.22. The van der Waals surface area contributed by atoms with Gasteiger partial charge in [-0.3, -0.25) is 0 Å². The predicted molar refractivity (Wildman–Crippen MR) is 54.2 cm³/mol. The first-order valence-electron chi connectivity index (χ1n) is 2.74. The van der Waals surface area contributed by atoms with Gasteiger partial charge in [0.1, 0.15) is 0 Å². The third kappa shape index (κ3) is 2.43. The van der Waals surface area contributed by atoms with E-state index in [1.54, 1.807) is 0 Å². The SMILES string of the molecule is PC1(Cl)COC(Cl)(Cl)C(Cl)(Cl)O1. The van der Waals surface area contributed by atoms with E-state index in [1.165, 1.54) is 0 Å². The average molecular weight is 292 g/mol. The second-order valence-electron chi connectivity index (χ2n) is 2.21. The van der Waals surface area contributed by atoms with Gasteiger partial charge >= 0.3 is 0 Å². The topological polar surface area (TPSA) is 18.5 Å². The highest BCUT2D eigenvalue weighted by Crippen LogP contribution is 2.52. The second-order valence-corrected chi connectivity index (χ2v) is 6.66. The van der Waals surface area contributed by atoms with Crippen molar-refractivity contribution in [1.82, 2.24) is 0 Å². The first-order valence-corrected chi connectivity index (χ1v) is 5.21. The van der Waals surface area contributed by atoms with Crippen LogP contribution in [0.5, 0.6) is 0 Å². The molecule has 1 saturated heterocycles. The fraction of sp³-hybridized carbons (Fsp3) is 1.00. The Morgan fingerprint density at radius 1 is 1.00 bits per heavy atom. The monoisotopic (exact) mass is 290 g/mol. The molecule has 0 N–H and O–H groups in total. The van der Waals surface area contributed by atoms with E-state index < -0.39 is 13.8 Å². The molecule has 0 aliphatic carbocycles. The van der Waals surface area contributed by atoms with Gasteiger partial charge in [-0.2, -0.15) is 0 Å². The second kappa shape index (κ2) is 3.43. The zero-order valence-corrected chi connectivity index (χ0v) is 10.4. The molecule has 1 aliphatic heterocycles. The Bertz CT molecular complexity index is 194. The summed E-state index contributed by atoms with van der Waals surface area (Å²) in [5, 5.41) is 0. The van der Waals surface area contributed by atoms with Gasteiger partial charge in [-0.15, -0.1) is 0 Å². The fourth-order valence-corrected chi connectivity index (χ4v) is 1.80. The Hall–Kier alpha value is 1.80. The van der Waals surface area contributed by atoms with Crippen LogP contribution in [0.15, 0.2) is 0 Å². The van der Waals surface area contributed by atoms with Crippen LogP contribution in [-0.4, -0.2) is 20.4 Å². The average Bonchev–Trinajstić information content (AvgIpc) is 1.79. The maximum Gasteiger partial charge on any atom is 0.278 e. The van der Waals surface area contributed by atoms with Crippen LogP contribution in [-0.2, 0) is 9.47 Å². The van der Waals surface area contributed by atoms with Crippen LogP contribution in [0.25, 0.3) is 0 Å². The van der Waals surface area contributed by atoms with Gasteiger partial charge in [0.15, 0.2) is 4.80 Å². The molecular formula is C4H4Cl5O2P. The van der Waals surface area contributed by atoms with Crippen molar-refractivity contribution in [2.45, 2.75) is 13.8 Å². The molecule has 0 aromatic carbocycles. The maximum atomic E-state index is 5.71. The number of halogens is 5. The van der Waals surface area contributed by atoms with E-state index in [0.29, 0.717) is 0 Å². The van der Waals surface area contributed by atoms with Gasteiger partial charge in [-0.1, -0.05) is 67.2 Å². The van der Waals surface area contributed by atoms with Crippen LogP contribution in [0.2, 0.25) is 0 Å². The summed E-state index contributed by atoms with van der Waals surface area (Å²) in [5.41, 5.74) is 0. The molecule has 8 heteroatoms. The Labute approximate surface area is 96.9 Å². The van der Waals surface area contributed by atoms with E-state index >= 15 is 0 Å². The lowest BCUT2D eigenvalue weighted by Crippen LogP contribution is -2.52. The van der Waals surface area contributed by atoms with Crippen molar-refractivity contribution in [3.05, 3.63) is 0 Å². The molecule has 1 heterocycles. The molecule has 1 fully saturated rings. The predicted octanol–water partition coefficient (Wildman–Crippen LogP) is 3.06. The van der Waals surface area contributed by atoms with E-state index in [-0.39, 0.29) is 6.61 Å². The number of hydrogen-bond acceptors (Lipinski definition) is 2. The van der Waals surface area contributed by atoms with Gasteiger partial charge in [-0.25, -0.2) is 0 Å². The van der Waals surface area contributed by atoms with E-state index in [0.717, 1.165) is 0 Å². The molecule has 2 nitrogen and oxygen atoms in total. The lowest BCUT2D eigenvalue weighted by molar-refractivity contribution is -0.143. The maximum absolute atomic E-state index is 5.71. The van der Waals surface area contributed by atoms with Crippen molar-refractivity contribution in [1.29, 1.82) is 0 Å². The standard InChI is InChI=1S/C4H4Cl5O2P/c5-2(12)1-10-3(6,7)4(8,9)11-2/h1,12H2. The van der Waals surface area contributed by atoms with Crippen LogP contribution in [0.3, 0.4) is 0 Å². The minimum absolute atomic E-state index is 0.0343. The summed E-state index contributed by atoms with van der Waals surface area (Å²) >= 11 is 28.1. The molecule has 1 rings (SSSR count). The molecule has 72 valence electrons. The minimum Gasteiger partial charge on any atom is -0.338 e. The van der Waals surface area contributed by atoms with Gasteiger partial charge in [0.05, 0.1) is 6.61 Å². The summed E-state index contributed by atoms with van der Waals surface area (Å²) < 4.78 is 6.13. The molecule has 0 aromatic heterocycles. The largest absolute Gasteiger partial charge is 0.338 e. The van der Waals surface area contributed by atoms with Crippen LogP contribution < -0.4 is 0 Å². The molecule has 1 aliphatic rings.